The van der Waals surface area contributed by atoms with E-state index < -0.39 is 0 Å². The first-order valence-corrected chi connectivity index (χ1v) is 7.95. The molecular weight excluding hydrogens is 276 g/mol. The van der Waals surface area contributed by atoms with Gasteiger partial charge < -0.3 is 9.47 Å². The van der Waals surface area contributed by atoms with Crippen molar-refractivity contribution in [2.75, 3.05) is 13.1 Å². The van der Waals surface area contributed by atoms with E-state index in [9.17, 15) is 4.79 Å². The van der Waals surface area contributed by atoms with Crippen LogP contribution in [0, 0.1) is 0 Å². The number of piperidine rings is 1. The van der Waals surface area contributed by atoms with Gasteiger partial charge in [0.15, 0.2) is 0 Å². The number of likely N-dealkylation sites (tertiary alicyclic amines) is 1. The Labute approximate surface area is 131 Å². The Morgan fingerprint density at radius 1 is 1.32 bits per heavy atom. The number of carbonyl (C=O) groups excluding carboxylic acids is 1. The molecule has 0 N–H and O–H groups in total. The number of amides is 1. The lowest BCUT2D eigenvalue weighted by Crippen LogP contribution is -2.40. The normalized spacial score (nSPS) is 18.4. The van der Waals surface area contributed by atoms with Gasteiger partial charge in [0.05, 0.1) is 6.42 Å². The molecule has 116 valence electrons. The molecule has 2 aromatic rings. The molecule has 0 radical (unpaired) electrons. The molecule has 5 heteroatoms. The van der Waals surface area contributed by atoms with Crippen LogP contribution >= 0.6 is 0 Å². The first-order valence-electron chi connectivity index (χ1n) is 7.95. The molecule has 1 aliphatic rings. The van der Waals surface area contributed by atoms with Gasteiger partial charge in [-0.3, -0.25) is 9.78 Å². The molecule has 0 bridgehead atoms. The molecule has 3 rings (SSSR count). The van der Waals surface area contributed by atoms with Crippen molar-refractivity contribution in [1.29, 1.82) is 0 Å². The van der Waals surface area contributed by atoms with Gasteiger partial charge in [0.25, 0.3) is 0 Å². The van der Waals surface area contributed by atoms with Gasteiger partial charge in [0.2, 0.25) is 5.91 Å². The van der Waals surface area contributed by atoms with E-state index in [-0.39, 0.29) is 5.91 Å². The molecule has 1 atom stereocenters. The number of imidazole rings is 1. The van der Waals surface area contributed by atoms with Crippen LogP contribution in [-0.2, 0) is 17.8 Å². The molecule has 1 fully saturated rings. The number of rotatable bonds is 4. The summed E-state index contributed by atoms with van der Waals surface area (Å²) in [6.45, 7) is 4.69. The smallest absolute Gasteiger partial charge is 0.227 e. The van der Waals surface area contributed by atoms with E-state index in [1.807, 2.05) is 29.4 Å². The zero-order valence-electron chi connectivity index (χ0n) is 13.0. The van der Waals surface area contributed by atoms with Crippen LogP contribution in [0.2, 0.25) is 0 Å². The minimum Gasteiger partial charge on any atom is -0.342 e. The molecule has 5 nitrogen and oxygen atoms in total. The van der Waals surface area contributed by atoms with E-state index in [1.165, 1.54) is 0 Å². The molecule has 3 heterocycles. The highest BCUT2D eigenvalue weighted by molar-refractivity contribution is 5.78. The molecular formula is C17H22N4O. The lowest BCUT2D eigenvalue weighted by molar-refractivity contribution is -0.131. The highest BCUT2D eigenvalue weighted by Gasteiger charge is 2.27. The molecule has 1 amide bonds. The number of pyridine rings is 1. The van der Waals surface area contributed by atoms with E-state index in [1.54, 1.807) is 12.4 Å². The Kier molecular flexibility index (Phi) is 4.51. The largest absolute Gasteiger partial charge is 0.342 e. The predicted octanol–water partition coefficient (Wildman–Crippen LogP) is 2.25. The lowest BCUT2D eigenvalue weighted by Gasteiger charge is -2.32. The summed E-state index contributed by atoms with van der Waals surface area (Å²) in [5, 5.41) is 0. The average molecular weight is 298 g/mol. The molecule has 0 aliphatic carbocycles. The monoisotopic (exact) mass is 298 g/mol. The number of hydrogen-bond acceptors (Lipinski definition) is 3. The van der Waals surface area contributed by atoms with Crippen LogP contribution in [0.15, 0.2) is 36.9 Å². The highest BCUT2D eigenvalue weighted by Crippen LogP contribution is 2.26. The van der Waals surface area contributed by atoms with Crippen molar-refractivity contribution in [3.63, 3.8) is 0 Å². The van der Waals surface area contributed by atoms with Crippen molar-refractivity contribution in [2.45, 2.75) is 38.6 Å². The molecule has 22 heavy (non-hydrogen) atoms. The Morgan fingerprint density at radius 2 is 2.14 bits per heavy atom. The van der Waals surface area contributed by atoms with E-state index in [4.69, 9.17) is 0 Å². The molecule has 0 aromatic carbocycles. The summed E-state index contributed by atoms with van der Waals surface area (Å²) in [7, 11) is 0. The van der Waals surface area contributed by atoms with Gasteiger partial charge in [-0.1, -0.05) is 0 Å². The van der Waals surface area contributed by atoms with Gasteiger partial charge in [-0.15, -0.1) is 0 Å². The summed E-state index contributed by atoms with van der Waals surface area (Å²) in [4.78, 5) is 23.0. The van der Waals surface area contributed by atoms with Crippen LogP contribution in [-0.4, -0.2) is 38.4 Å². The highest BCUT2D eigenvalue weighted by atomic mass is 16.2. The number of aryl methyl sites for hydroxylation is 1. The standard InChI is InChI=1S/C17H22N4O/c1-2-20-11-9-19-17(20)15-4-3-10-21(13-15)16(22)12-14-5-7-18-8-6-14/h5-9,11,15H,2-4,10,12-13H2,1H3/t15-/m0/s1. The summed E-state index contributed by atoms with van der Waals surface area (Å²) in [6.07, 6.45) is 9.96. The van der Waals surface area contributed by atoms with Crippen LogP contribution in [0.25, 0.3) is 0 Å². The zero-order chi connectivity index (χ0) is 15.4. The van der Waals surface area contributed by atoms with E-state index in [0.29, 0.717) is 12.3 Å². The molecule has 0 saturated carbocycles. The topological polar surface area (TPSA) is 51.0 Å². The minimum absolute atomic E-state index is 0.200. The fourth-order valence-electron chi connectivity index (χ4n) is 3.15. The van der Waals surface area contributed by atoms with E-state index in [2.05, 4.69) is 21.5 Å². The van der Waals surface area contributed by atoms with Crippen molar-refractivity contribution in [3.05, 3.63) is 48.3 Å². The Morgan fingerprint density at radius 3 is 2.91 bits per heavy atom. The minimum atomic E-state index is 0.200. The van der Waals surface area contributed by atoms with E-state index >= 15 is 0 Å². The van der Waals surface area contributed by atoms with Gasteiger partial charge >= 0.3 is 0 Å². The van der Waals surface area contributed by atoms with Crippen LogP contribution in [0.5, 0.6) is 0 Å². The Balaban J connectivity index is 1.66. The molecule has 2 aromatic heterocycles. The third-order valence-corrected chi connectivity index (χ3v) is 4.33. The van der Waals surface area contributed by atoms with Crippen LogP contribution in [0.1, 0.15) is 37.1 Å². The van der Waals surface area contributed by atoms with Crippen LogP contribution in [0.3, 0.4) is 0 Å². The quantitative estimate of drug-likeness (QED) is 0.870. The molecule has 1 saturated heterocycles. The predicted molar refractivity (Wildman–Crippen MR) is 84.4 cm³/mol. The maximum Gasteiger partial charge on any atom is 0.227 e. The van der Waals surface area contributed by atoms with Crippen molar-refractivity contribution >= 4 is 5.91 Å². The van der Waals surface area contributed by atoms with Crippen molar-refractivity contribution in [3.8, 4) is 0 Å². The first kappa shape index (κ1) is 14.8. The summed E-state index contributed by atoms with van der Waals surface area (Å²) < 4.78 is 2.18. The fourth-order valence-corrected chi connectivity index (χ4v) is 3.15. The number of nitrogens with zero attached hydrogens (tertiary/aromatic N) is 4. The second kappa shape index (κ2) is 6.73. The maximum absolute atomic E-state index is 12.5. The number of hydrogen-bond donors (Lipinski definition) is 0. The average Bonchev–Trinajstić information content (AvgIpc) is 3.04. The number of carbonyl (C=O) groups is 1. The van der Waals surface area contributed by atoms with Crippen LogP contribution < -0.4 is 0 Å². The molecule has 0 unspecified atom stereocenters. The summed E-state index contributed by atoms with van der Waals surface area (Å²) in [6, 6.07) is 3.81. The second-order valence-corrected chi connectivity index (χ2v) is 5.78. The van der Waals surface area contributed by atoms with Crippen molar-refractivity contribution in [2.24, 2.45) is 0 Å². The van der Waals surface area contributed by atoms with Gasteiger partial charge in [0.1, 0.15) is 5.82 Å². The summed E-state index contributed by atoms with van der Waals surface area (Å²) in [5.41, 5.74) is 1.03. The van der Waals surface area contributed by atoms with Crippen molar-refractivity contribution < 1.29 is 4.79 Å². The molecule has 1 aliphatic heterocycles. The van der Waals surface area contributed by atoms with E-state index in [0.717, 1.165) is 43.9 Å². The van der Waals surface area contributed by atoms with Crippen molar-refractivity contribution in [1.82, 2.24) is 19.4 Å². The van der Waals surface area contributed by atoms with Crippen LogP contribution in [0.4, 0.5) is 0 Å². The Hall–Kier alpha value is -2.17. The number of aromatic nitrogens is 3. The maximum atomic E-state index is 12.5. The molecule has 0 spiro atoms. The van der Waals surface area contributed by atoms with Gasteiger partial charge in [-0.2, -0.15) is 0 Å². The first-order chi connectivity index (χ1) is 10.8. The third-order valence-electron chi connectivity index (χ3n) is 4.33. The summed E-state index contributed by atoms with van der Waals surface area (Å²) in [5.74, 6) is 1.67. The summed E-state index contributed by atoms with van der Waals surface area (Å²) >= 11 is 0. The Bertz CT molecular complexity index is 623. The van der Waals surface area contributed by atoms with Gasteiger partial charge in [-0.05, 0) is 37.5 Å². The SMILES string of the molecule is CCn1ccnc1[C@H]1CCCN(C(=O)Cc2ccncc2)C1. The lowest BCUT2D eigenvalue weighted by atomic mass is 9.96. The van der Waals surface area contributed by atoms with Gasteiger partial charge in [0, 0.05) is 50.3 Å². The fraction of sp³-hybridized carbons (Fsp3) is 0.471. The second-order valence-electron chi connectivity index (χ2n) is 5.78. The third kappa shape index (κ3) is 3.18. The zero-order valence-corrected chi connectivity index (χ0v) is 13.0. The van der Waals surface area contributed by atoms with Gasteiger partial charge in [-0.25, -0.2) is 4.98 Å².